The minimum absolute atomic E-state index is 0.0216. The van der Waals surface area contributed by atoms with Gasteiger partial charge in [-0.3, -0.25) is 9.59 Å². The molecule has 24 heavy (non-hydrogen) atoms. The van der Waals surface area contributed by atoms with Crippen LogP contribution < -0.4 is 10.6 Å². The fraction of sp³-hybridized carbons (Fsp3) is 0.474. The minimum Gasteiger partial charge on any atom is -0.394 e. The molecule has 0 saturated carbocycles. The molecule has 0 spiro atoms. The highest BCUT2D eigenvalue weighted by atomic mass is 16.3. The zero-order valence-corrected chi connectivity index (χ0v) is 14.2. The van der Waals surface area contributed by atoms with Crippen LogP contribution in [0.5, 0.6) is 0 Å². The van der Waals surface area contributed by atoms with Crippen LogP contribution in [0.4, 0.5) is 5.69 Å². The number of amides is 2. The number of carbonyl (C=O) groups excluding carboxylic acids is 2. The second-order valence-electron chi connectivity index (χ2n) is 6.17. The van der Waals surface area contributed by atoms with Crippen molar-refractivity contribution in [1.29, 1.82) is 0 Å². The summed E-state index contributed by atoms with van der Waals surface area (Å²) in [5, 5.41) is 14.8. The molecule has 0 bridgehead atoms. The highest BCUT2D eigenvalue weighted by Gasteiger charge is 2.12. The molecule has 1 atom stereocenters. The van der Waals surface area contributed by atoms with Crippen molar-refractivity contribution in [2.75, 3.05) is 11.9 Å². The van der Waals surface area contributed by atoms with Crippen LogP contribution in [0.15, 0.2) is 35.9 Å². The number of hydrogen-bond donors (Lipinski definition) is 3. The Morgan fingerprint density at radius 2 is 1.96 bits per heavy atom. The van der Waals surface area contributed by atoms with Crippen LogP contribution in [-0.2, 0) is 4.79 Å². The smallest absolute Gasteiger partial charge is 0.251 e. The van der Waals surface area contributed by atoms with E-state index in [-0.39, 0.29) is 24.5 Å². The van der Waals surface area contributed by atoms with Crippen LogP contribution >= 0.6 is 0 Å². The van der Waals surface area contributed by atoms with Gasteiger partial charge in [0.1, 0.15) is 0 Å². The molecule has 0 fully saturated rings. The van der Waals surface area contributed by atoms with Crippen LogP contribution in [0.2, 0.25) is 0 Å². The van der Waals surface area contributed by atoms with Crippen molar-refractivity contribution in [2.24, 2.45) is 0 Å². The Balaban J connectivity index is 1.88. The maximum Gasteiger partial charge on any atom is 0.251 e. The van der Waals surface area contributed by atoms with Gasteiger partial charge in [0.2, 0.25) is 5.91 Å². The molecular weight excluding hydrogens is 304 g/mol. The average Bonchev–Trinajstić information content (AvgIpc) is 2.60. The minimum atomic E-state index is -0.236. The van der Waals surface area contributed by atoms with Crippen molar-refractivity contribution in [3.63, 3.8) is 0 Å². The van der Waals surface area contributed by atoms with Gasteiger partial charge in [0.05, 0.1) is 12.6 Å². The van der Waals surface area contributed by atoms with Gasteiger partial charge < -0.3 is 15.7 Å². The number of aliphatic hydroxyl groups excluding tert-OH is 1. The molecule has 3 N–H and O–H groups in total. The maximum atomic E-state index is 12.1. The molecule has 0 radical (unpaired) electrons. The summed E-state index contributed by atoms with van der Waals surface area (Å²) in [6.45, 7) is 1.83. The molecule has 1 aromatic rings. The number of benzene rings is 1. The van der Waals surface area contributed by atoms with Crippen LogP contribution in [0.3, 0.4) is 0 Å². The summed E-state index contributed by atoms with van der Waals surface area (Å²) >= 11 is 0. The van der Waals surface area contributed by atoms with E-state index < -0.39 is 0 Å². The van der Waals surface area contributed by atoms with E-state index in [1.165, 1.54) is 12.0 Å². The van der Waals surface area contributed by atoms with Gasteiger partial charge in [-0.25, -0.2) is 0 Å². The number of hydrogen-bond acceptors (Lipinski definition) is 3. The monoisotopic (exact) mass is 330 g/mol. The largest absolute Gasteiger partial charge is 0.394 e. The van der Waals surface area contributed by atoms with Crippen LogP contribution in [0.25, 0.3) is 0 Å². The molecule has 2 amide bonds. The molecule has 0 aromatic heterocycles. The molecule has 1 unspecified atom stereocenters. The predicted octanol–water partition coefficient (Wildman–Crippen LogP) is 3.02. The second kappa shape index (κ2) is 9.23. The van der Waals surface area contributed by atoms with E-state index in [2.05, 4.69) is 16.7 Å². The fourth-order valence-electron chi connectivity index (χ4n) is 2.73. The molecule has 5 heteroatoms. The van der Waals surface area contributed by atoms with Gasteiger partial charge in [-0.1, -0.05) is 18.6 Å². The summed E-state index contributed by atoms with van der Waals surface area (Å²) in [6.07, 6.45) is 7.74. The Hall–Kier alpha value is -2.14. The van der Waals surface area contributed by atoms with E-state index in [0.717, 1.165) is 19.3 Å². The Bertz CT molecular complexity index is 589. The highest BCUT2D eigenvalue weighted by molar-refractivity contribution is 5.96. The van der Waals surface area contributed by atoms with Gasteiger partial charge in [-0.2, -0.15) is 0 Å². The number of anilines is 1. The summed E-state index contributed by atoms with van der Waals surface area (Å²) < 4.78 is 0. The highest BCUT2D eigenvalue weighted by Crippen LogP contribution is 2.20. The normalized spacial score (nSPS) is 15.3. The van der Waals surface area contributed by atoms with Gasteiger partial charge in [-0.05, 0) is 56.4 Å². The quantitative estimate of drug-likeness (QED) is 0.673. The van der Waals surface area contributed by atoms with Crippen molar-refractivity contribution in [1.82, 2.24) is 5.32 Å². The van der Waals surface area contributed by atoms with Gasteiger partial charge in [-0.15, -0.1) is 0 Å². The number of allylic oxidation sites excluding steroid dienone is 1. The molecule has 5 nitrogen and oxygen atoms in total. The topological polar surface area (TPSA) is 78.4 Å². The molecule has 0 heterocycles. The van der Waals surface area contributed by atoms with Gasteiger partial charge >= 0.3 is 0 Å². The number of carbonyl (C=O) groups is 2. The molecule has 0 aliphatic heterocycles. The molecule has 1 aliphatic carbocycles. The van der Waals surface area contributed by atoms with Gasteiger partial charge in [0.25, 0.3) is 5.91 Å². The zero-order chi connectivity index (χ0) is 17.4. The summed E-state index contributed by atoms with van der Waals surface area (Å²) in [5.74, 6) is -0.243. The Morgan fingerprint density at radius 1 is 1.21 bits per heavy atom. The first-order valence-corrected chi connectivity index (χ1v) is 8.62. The Labute approximate surface area is 143 Å². The first kappa shape index (κ1) is 18.2. The molecular formula is C19H26N2O3. The number of aliphatic hydroxyl groups is 1. The lowest BCUT2D eigenvalue weighted by molar-refractivity contribution is -0.115. The molecule has 1 aliphatic rings. The van der Waals surface area contributed by atoms with Gasteiger partial charge in [0.15, 0.2) is 0 Å². The van der Waals surface area contributed by atoms with Crippen LogP contribution in [-0.4, -0.2) is 29.6 Å². The van der Waals surface area contributed by atoms with Crippen LogP contribution in [0, 0.1) is 0 Å². The Kier molecular flexibility index (Phi) is 7.00. The summed E-state index contributed by atoms with van der Waals surface area (Å²) in [6, 6.07) is 6.56. The predicted molar refractivity (Wildman–Crippen MR) is 94.9 cm³/mol. The molecule has 130 valence electrons. The molecule has 1 aromatic carbocycles. The van der Waals surface area contributed by atoms with Crippen molar-refractivity contribution in [3.8, 4) is 0 Å². The number of rotatable bonds is 7. The summed E-state index contributed by atoms with van der Waals surface area (Å²) in [4.78, 5) is 24.1. The van der Waals surface area contributed by atoms with E-state index >= 15 is 0 Å². The van der Waals surface area contributed by atoms with E-state index in [4.69, 9.17) is 5.11 Å². The lowest BCUT2D eigenvalue weighted by atomic mass is 9.97. The third-order valence-corrected chi connectivity index (χ3v) is 4.25. The maximum absolute atomic E-state index is 12.1. The van der Waals surface area contributed by atoms with Crippen molar-refractivity contribution in [3.05, 3.63) is 41.5 Å². The summed E-state index contributed by atoms with van der Waals surface area (Å²) in [5.41, 5.74) is 2.40. The third kappa shape index (κ3) is 5.49. The fourth-order valence-corrected chi connectivity index (χ4v) is 2.73. The standard InChI is InChI=1S/C19H26N2O3/c1-2-16(13-22)21-19(24)15-8-10-17(11-9-15)20-18(23)12-14-6-4-3-5-7-14/h6,8-11,16,22H,2-5,7,12-13H2,1H3,(H,20,23)(H,21,24). The average molecular weight is 330 g/mol. The van der Waals surface area contributed by atoms with E-state index in [1.54, 1.807) is 24.3 Å². The van der Waals surface area contributed by atoms with E-state index in [9.17, 15) is 9.59 Å². The van der Waals surface area contributed by atoms with Crippen LogP contribution in [0.1, 0.15) is 55.8 Å². The summed E-state index contributed by atoms with van der Waals surface area (Å²) in [7, 11) is 0. The Morgan fingerprint density at radius 3 is 2.54 bits per heavy atom. The van der Waals surface area contributed by atoms with Crippen molar-refractivity contribution < 1.29 is 14.7 Å². The van der Waals surface area contributed by atoms with Crippen molar-refractivity contribution in [2.45, 2.75) is 51.5 Å². The SMILES string of the molecule is CCC(CO)NC(=O)c1ccc(NC(=O)CC2=CCCCC2)cc1. The lowest BCUT2D eigenvalue weighted by Gasteiger charge is -2.14. The molecule has 0 saturated heterocycles. The first-order chi connectivity index (χ1) is 11.6. The lowest BCUT2D eigenvalue weighted by Crippen LogP contribution is -2.36. The van der Waals surface area contributed by atoms with Crippen molar-refractivity contribution >= 4 is 17.5 Å². The second-order valence-corrected chi connectivity index (χ2v) is 6.17. The molecule has 2 rings (SSSR count). The third-order valence-electron chi connectivity index (χ3n) is 4.25. The van der Waals surface area contributed by atoms with Gasteiger partial charge in [0, 0.05) is 17.7 Å². The van der Waals surface area contributed by atoms with E-state index in [1.807, 2.05) is 6.92 Å². The van der Waals surface area contributed by atoms with E-state index in [0.29, 0.717) is 24.1 Å². The zero-order valence-electron chi connectivity index (χ0n) is 14.2. The first-order valence-electron chi connectivity index (χ1n) is 8.62. The number of nitrogens with one attached hydrogen (secondary N) is 2.